The third-order valence-corrected chi connectivity index (χ3v) is 3.77. The Morgan fingerprint density at radius 2 is 2.22 bits per heavy atom. The van der Waals surface area contributed by atoms with Gasteiger partial charge in [-0.15, -0.1) is 0 Å². The van der Waals surface area contributed by atoms with Gasteiger partial charge in [0, 0.05) is 6.04 Å². The lowest BCUT2D eigenvalue weighted by molar-refractivity contribution is -0.122. The number of nitrogens with one attached hydrogen (secondary N) is 1. The molecule has 4 heteroatoms. The maximum Gasteiger partial charge on any atom is 0.265 e. The summed E-state index contributed by atoms with van der Waals surface area (Å²) in [4.78, 5) is 11.5. The number of anilines is 1. The van der Waals surface area contributed by atoms with Gasteiger partial charge in [-0.3, -0.25) is 4.79 Å². The van der Waals surface area contributed by atoms with E-state index in [9.17, 15) is 4.79 Å². The van der Waals surface area contributed by atoms with Crippen LogP contribution in [0, 0.1) is 5.92 Å². The van der Waals surface area contributed by atoms with Gasteiger partial charge in [0.2, 0.25) is 0 Å². The van der Waals surface area contributed by atoms with Crippen molar-refractivity contribution in [1.82, 2.24) is 0 Å². The molecule has 0 aromatic heterocycles. The summed E-state index contributed by atoms with van der Waals surface area (Å²) in [5.74, 6) is 1.37. The number of ether oxygens (including phenoxy) is 1. The zero-order valence-electron chi connectivity index (χ0n) is 10.5. The van der Waals surface area contributed by atoms with Crippen LogP contribution in [0.1, 0.15) is 25.3 Å². The maximum atomic E-state index is 11.5. The summed E-state index contributed by atoms with van der Waals surface area (Å²) in [6, 6.07) is 6.42. The van der Waals surface area contributed by atoms with E-state index in [0.29, 0.717) is 12.0 Å². The fraction of sp³-hybridized carbons (Fsp3) is 0.500. The van der Waals surface area contributed by atoms with Crippen LogP contribution in [-0.4, -0.2) is 18.1 Å². The Labute approximate surface area is 107 Å². The number of benzene rings is 1. The standard InChI is InChI=1S/C14H18N2O2/c1-8-14(17)16-12-7-9(2-3-13(12)18-8)4-10-5-11(15)6-10/h2-3,7-8,10-11H,4-6,15H2,1H3,(H,16,17). The van der Waals surface area contributed by atoms with Crippen LogP contribution in [0.5, 0.6) is 5.75 Å². The van der Waals surface area contributed by atoms with Crippen LogP contribution in [0.15, 0.2) is 18.2 Å². The second-order valence-corrected chi connectivity index (χ2v) is 5.38. The first-order valence-electron chi connectivity index (χ1n) is 6.48. The molecular formula is C14H18N2O2. The van der Waals surface area contributed by atoms with Crippen molar-refractivity contribution >= 4 is 11.6 Å². The highest BCUT2D eigenvalue weighted by Crippen LogP contribution is 2.34. The lowest BCUT2D eigenvalue weighted by Gasteiger charge is -2.32. The monoisotopic (exact) mass is 246 g/mol. The maximum absolute atomic E-state index is 11.5. The molecule has 96 valence electrons. The molecule has 1 amide bonds. The zero-order valence-corrected chi connectivity index (χ0v) is 10.5. The van der Waals surface area contributed by atoms with Crippen LogP contribution < -0.4 is 15.8 Å². The van der Waals surface area contributed by atoms with E-state index in [-0.39, 0.29) is 5.91 Å². The fourth-order valence-corrected chi connectivity index (χ4v) is 2.67. The summed E-state index contributed by atoms with van der Waals surface area (Å²) in [7, 11) is 0. The van der Waals surface area contributed by atoms with Crippen LogP contribution in [0.3, 0.4) is 0 Å². The molecule has 1 heterocycles. The SMILES string of the molecule is CC1Oc2ccc(CC3CC(N)C3)cc2NC1=O. The number of hydrogen-bond donors (Lipinski definition) is 2. The minimum absolute atomic E-state index is 0.0784. The third kappa shape index (κ3) is 2.08. The number of hydrogen-bond acceptors (Lipinski definition) is 3. The lowest BCUT2D eigenvalue weighted by Crippen LogP contribution is -2.37. The van der Waals surface area contributed by atoms with Crippen molar-refractivity contribution in [2.24, 2.45) is 11.7 Å². The second kappa shape index (κ2) is 4.28. The molecule has 18 heavy (non-hydrogen) atoms. The van der Waals surface area contributed by atoms with Crippen molar-refractivity contribution in [3.63, 3.8) is 0 Å². The van der Waals surface area contributed by atoms with Crippen molar-refractivity contribution in [1.29, 1.82) is 0 Å². The summed E-state index contributed by atoms with van der Waals surface area (Å²) in [6.07, 6.45) is 2.84. The van der Waals surface area contributed by atoms with Gasteiger partial charge in [0.15, 0.2) is 6.10 Å². The molecule has 0 radical (unpaired) electrons. The Kier molecular flexibility index (Phi) is 2.74. The first-order chi connectivity index (χ1) is 8.61. The van der Waals surface area contributed by atoms with Crippen molar-refractivity contribution in [2.45, 2.75) is 38.3 Å². The minimum Gasteiger partial charge on any atom is -0.479 e. The molecule has 3 N–H and O–H groups in total. The minimum atomic E-state index is -0.409. The Morgan fingerprint density at radius 1 is 1.44 bits per heavy atom. The van der Waals surface area contributed by atoms with E-state index < -0.39 is 6.10 Å². The molecule has 0 bridgehead atoms. The summed E-state index contributed by atoms with van der Waals surface area (Å²) >= 11 is 0. The molecule has 1 atom stereocenters. The summed E-state index contributed by atoms with van der Waals surface area (Å²) in [5.41, 5.74) is 7.82. The lowest BCUT2D eigenvalue weighted by atomic mass is 9.77. The summed E-state index contributed by atoms with van der Waals surface area (Å²) < 4.78 is 5.53. The first-order valence-corrected chi connectivity index (χ1v) is 6.48. The Balaban J connectivity index is 1.74. The van der Waals surface area contributed by atoms with E-state index in [2.05, 4.69) is 11.4 Å². The van der Waals surface area contributed by atoms with E-state index in [0.717, 1.165) is 30.7 Å². The summed E-state index contributed by atoms with van der Waals surface area (Å²) in [5, 5.41) is 2.88. The molecule has 0 saturated heterocycles. The normalized spacial score (nSPS) is 29.9. The molecule has 1 aromatic carbocycles. The van der Waals surface area contributed by atoms with Crippen LogP contribution in [0.25, 0.3) is 0 Å². The molecule has 0 spiro atoms. The van der Waals surface area contributed by atoms with Crippen molar-refractivity contribution in [3.8, 4) is 5.75 Å². The number of nitrogens with two attached hydrogens (primary N) is 1. The van der Waals surface area contributed by atoms with Gasteiger partial charge >= 0.3 is 0 Å². The average Bonchev–Trinajstić information content (AvgIpc) is 2.29. The van der Waals surface area contributed by atoms with E-state index in [1.807, 2.05) is 12.1 Å². The Morgan fingerprint density at radius 3 is 2.94 bits per heavy atom. The highest BCUT2D eigenvalue weighted by atomic mass is 16.5. The van der Waals surface area contributed by atoms with Crippen molar-refractivity contribution in [2.75, 3.05) is 5.32 Å². The number of rotatable bonds is 2. The average molecular weight is 246 g/mol. The van der Waals surface area contributed by atoms with E-state index in [4.69, 9.17) is 10.5 Å². The first kappa shape index (κ1) is 11.5. The summed E-state index contributed by atoms with van der Waals surface area (Å²) in [6.45, 7) is 1.75. The molecule has 1 aliphatic carbocycles. The second-order valence-electron chi connectivity index (χ2n) is 5.38. The molecule has 4 nitrogen and oxygen atoms in total. The van der Waals surface area contributed by atoms with Gasteiger partial charge in [-0.25, -0.2) is 0 Å². The van der Waals surface area contributed by atoms with Gasteiger partial charge in [-0.05, 0) is 49.8 Å². The van der Waals surface area contributed by atoms with Gasteiger partial charge < -0.3 is 15.8 Å². The molecule has 1 aliphatic heterocycles. The topological polar surface area (TPSA) is 64.3 Å². The largest absolute Gasteiger partial charge is 0.479 e. The van der Waals surface area contributed by atoms with Crippen LogP contribution in [0.2, 0.25) is 0 Å². The van der Waals surface area contributed by atoms with Gasteiger partial charge in [0.05, 0.1) is 5.69 Å². The Hall–Kier alpha value is -1.55. The number of fused-ring (bicyclic) bond motifs is 1. The van der Waals surface area contributed by atoms with Gasteiger partial charge in [0.1, 0.15) is 5.75 Å². The van der Waals surface area contributed by atoms with Gasteiger partial charge in [-0.1, -0.05) is 6.07 Å². The van der Waals surface area contributed by atoms with Gasteiger partial charge in [-0.2, -0.15) is 0 Å². The number of amides is 1. The molecular weight excluding hydrogens is 228 g/mol. The fourth-order valence-electron chi connectivity index (χ4n) is 2.67. The predicted molar refractivity (Wildman–Crippen MR) is 69.6 cm³/mol. The van der Waals surface area contributed by atoms with Crippen molar-refractivity contribution < 1.29 is 9.53 Å². The van der Waals surface area contributed by atoms with Gasteiger partial charge in [0.25, 0.3) is 5.91 Å². The van der Waals surface area contributed by atoms with Crippen molar-refractivity contribution in [3.05, 3.63) is 23.8 Å². The molecule has 1 aromatic rings. The van der Waals surface area contributed by atoms with Crippen LogP contribution in [-0.2, 0) is 11.2 Å². The smallest absolute Gasteiger partial charge is 0.265 e. The predicted octanol–water partition coefficient (Wildman–Crippen LogP) is 1.69. The molecule has 1 unspecified atom stereocenters. The van der Waals surface area contributed by atoms with E-state index in [1.54, 1.807) is 6.92 Å². The highest BCUT2D eigenvalue weighted by Gasteiger charge is 2.27. The number of carbonyl (C=O) groups is 1. The van der Waals surface area contributed by atoms with Crippen LogP contribution >= 0.6 is 0 Å². The number of carbonyl (C=O) groups excluding carboxylic acids is 1. The third-order valence-electron chi connectivity index (χ3n) is 3.77. The zero-order chi connectivity index (χ0) is 12.7. The molecule has 2 aliphatic rings. The van der Waals surface area contributed by atoms with E-state index >= 15 is 0 Å². The molecule has 1 fully saturated rings. The molecule has 1 saturated carbocycles. The quantitative estimate of drug-likeness (QED) is 0.834. The van der Waals surface area contributed by atoms with E-state index in [1.165, 1.54) is 5.56 Å². The highest BCUT2D eigenvalue weighted by molar-refractivity contribution is 5.97. The molecule has 3 rings (SSSR count). The Bertz CT molecular complexity index is 481. The van der Waals surface area contributed by atoms with Crippen LogP contribution in [0.4, 0.5) is 5.69 Å².